The first-order valence-corrected chi connectivity index (χ1v) is 5.68. The molecule has 1 atom stereocenters. The SMILES string of the molecule is COc1ccc(N)cc1NC(=O)C1CC1(C)C. The zero-order valence-electron chi connectivity index (χ0n) is 10.4. The van der Waals surface area contributed by atoms with Gasteiger partial charge in [0.05, 0.1) is 12.8 Å². The van der Waals surface area contributed by atoms with E-state index in [0.29, 0.717) is 17.1 Å². The first-order chi connectivity index (χ1) is 7.94. The van der Waals surface area contributed by atoms with E-state index in [1.807, 2.05) is 0 Å². The van der Waals surface area contributed by atoms with Crippen LogP contribution in [-0.2, 0) is 4.79 Å². The molecular weight excluding hydrogens is 216 g/mol. The number of rotatable bonds is 3. The van der Waals surface area contributed by atoms with Crippen molar-refractivity contribution in [3.8, 4) is 5.75 Å². The molecule has 1 saturated carbocycles. The van der Waals surface area contributed by atoms with Crippen LogP contribution in [0.3, 0.4) is 0 Å². The van der Waals surface area contributed by atoms with Gasteiger partial charge in [-0.3, -0.25) is 4.79 Å². The number of carbonyl (C=O) groups excluding carboxylic acids is 1. The summed E-state index contributed by atoms with van der Waals surface area (Å²) in [6.45, 7) is 4.18. The molecule has 1 unspecified atom stereocenters. The quantitative estimate of drug-likeness (QED) is 0.788. The Kier molecular flexibility index (Phi) is 2.73. The number of amides is 1. The van der Waals surface area contributed by atoms with Crippen LogP contribution in [0.5, 0.6) is 5.75 Å². The highest BCUT2D eigenvalue weighted by Gasteiger charge is 2.50. The molecule has 0 aromatic heterocycles. The molecule has 1 aromatic rings. The van der Waals surface area contributed by atoms with Crippen molar-refractivity contribution in [2.24, 2.45) is 11.3 Å². The number of nitrogens with one attached hydrogen (secondary N) is 1. The highest BCUT2D eigenvalue weighted by atomic mass is 16.5. The molecule has 0 bridgehead atoms. The molecule has 4 heteroatoms. The normalized spacial score (nSPS) is 20.8. The Hall–Kier alpha value is -1.71. The van der Waals surface area contributed by atoms with Gasteiger partial charge in [0.25, 0.3) is 0 Å². The molecule has 4 nitrogen and oxygen atoms in total. The van der Waals surface area contributed by atoms with Crippen LogP contribution in [-0.4, -0.2) is 13.0 Å². The fourth-order valence-corrected chi connectivity index (χ4v) is 1.96. The minimum Gasteiger partial charge on any atom is -0.495 e. The van der Waals surface area contributed by atoms with Crippen LogP contribution < -0.4 is 15.8 Å². The summed E-state index contributed by atoms with van der Waals surface area (Å²) < 4.78 is 5.18. The Labute approximate surface area is 101 Å². The molecule has 1 aliphatic carbocycles. The van der Waals surface area contributed by atoms with Crippen molar-refractivity contribution in [1.82, 2.24) is 0 Å². The second-order valence-electron chi connectivity index (χ2n) is 5.19. The van der Waals surface area contributed by atoms with Crippen LogP contribution >= 0.6 is 0 Å². The lowest BCUT2D eigenvalue weighted by atomic mass is 10.1. The minimum absolute atomic E-state index is 0.0406. The molecule has 92 valence electrons. The molecule has 1 aromatic carbocycles. The minimum atomic E-state index is 0.0406. The monoisotopic (exact) mass is 234 g/mol. The fraction of sp³-hybridized carbons (Fsp3) is 0.462. The summed E-state index contributed by atoms with van der Waals surface area (Å²) >= 11 is 0. The van der Waals surface area contributed by atoms with E-state index in [0.717, 1.165) is 6.42 Å². The van der Waals surface area contributed by atoms with E-state index in [-0.39, 0.29) is 17.2 Å². The standard InChI is InChI=1S/C13H18N2O2/c1-13(2)7-9(13)12(16)15-10-6-8(14)4-5-11(10)17-3/h4-6,9H,7,14H2,1-3H3,(H,15,16). The molecule has 0 saturated heterocycles. The van der Waals surface area contributed by atoms with E-state index in [1.54, 1.807) is 25.3 Å². The summed E-state index contributed by atoms with van der Waals surface area (Å²) in [6, 6.07) is 5.21. The molecule has 2 rings (SSSR count). The predicted molar refractivity (Wildman–Crippen MR) is 67.9 cm³/mol. The van der Waals surface area contributed by atoms with E-state index in [1.165, 1.54) is 0 Å². The molecule has 0 heterocycles. The van der Waals surface area contributed by atoms with Gasteiger partial charge in [-0.2, -0.15) is 0 Å². The first kappa shape index (κ1) is 11.8. The average Bonchev–Trinajstić information content (AvgIpc) is 2.88. The highest BCUT2D eigenvalue weighted by Crippen LogP contribution is 2.52. The Morgan fingerprint density at radius 1 is 1.53 bits per heavy atom. The number of anilines is 2. The van der Waals surface area contributed by atoms with Gasteiger partial charge in [-0.25, -0.2) is 0 Å². The molecule has 1 fully saturated rings. The van der Waals surface area contributed by atoms with Crippen molar-refractivity contribution in [3.63, 3.8) is 0 Å². The number of hydrogen-bond donors (Lipinski definition) is 2. The fourth-order valence-electron chi connectivity index (χ4n) is 1.96. The number of ether oxygens (including phenoxy) is 1. The summed E-state index contributed by atoms with van der Waals surface area (Å²) in [4.78, 5) is 12.0. The lowest BCUT2D eigenvalue weighted by molar-refractivity contribution is -0.118. The molecule has 17 heavy (non-hydrogen) atoms. The molecular formula is C13H18N2O2. The second kappa shape index (κ2) is 3.95. The van der Waals surface area contributed by atoms with Gasteiger partial charge >= 0.3 is 0 Å². The van der Waals surface area contributed by atoms with E-state index >= 15 is 0 Å². The van der Waals surface area contributed by atoms with Crippen molar-refractivity contribution in [3.05, 3.63) is 18.2 Å². The smallest absolute Gasteiger partial charge is 0.228 e. The number of hydrogen-bond acceptors (Lipinski definition) is 3. The van der Waals surface area contributed by atoms with Crippen LogP contribution in [0, 0.1) is 11.3 Å². The van der Waals surface area contributed by atoms with E-state index in [2.05, 4.69) is 19.2 Å². The summed E-state index contributed by atoms with van der Waals surface area (Å²) in [5.41, 5.74) is 7.07. The Morgan fingerprint density at radius 2 is 2.18 bits per heavy atom. The summed E-state index contributed by atoms with van der Waals surface area (Å²) in [5, 5.41) is 2.88. The van der Waals surface area contributed by atoms with Gasteiger partial charge < -0.3 is 15.8 Å². The van der Waals surface area contributed by atoms with Crippen LogP contribution in [0.2, 0.25) is 0 Å². The van der Waals surface area contributed by atoms with Crippen molar-refractivity contribution >= 4 is 17.3 Å². The average molecular weight is 234 g/mol. The van der Waals surface area contributed by atoms with Crippen LogP contribution in [0.1, 0.15) is 20.3 Å². The molecule has 0 radical (unpaired) electrons. The van der Waals surface area contributed by atoms with Gasteiger partial charge in [-0.05, 0) is 30.0 Å². The lowest BCUT2D eigenvalue weighted by Crippen LogP contribution is -2.17. The van der Waals surface area contributed by atoms with Gasteiger partial charge in [0, 0.05) is 11.6 Å². The Bertz CT molecular complexity index is 455. The van der Waals surface area contributed by atoms with Crippen LogP contribution in [0.15, 0.2) is 18.2 Å². The van der Waals surface area contributed by atoms with E-state index in [4.69, 9.17) is 10.5 Å². The molecule has 0 aliphatic heterocycles. The topological polar surface area (TPSA) is 64.3 Å². The molecule has 1 aliphatic rings. The first-order valence-electron chi connectivity index (χ1n) is 5.68. The predicted octanol–water partition coefficient (Wildman–Crippen LogP) is 2.26. The van der Waals surface area contributed by atoms with Crippen molar-refractivity contribution in [1.29, 1.82) is 0 Å². The van der Waals surface area contributed by atoms with Gasteiger partial charge in [-0.15, -0.1) is 0 Å². The number of carbonyl (C=O) groups is 1. The molecule has 1 amide bonds. The maximum Gasteiger partial charge on any atom is 0.228 e. The van der Waals surface area contributed by atoms with Gasteiger partial charge in [0.15, 0.2) is 0 Å². The maximum absolute atomic E-state index is 12.0. The van der Waals surface area contributed by atoms with E-state index in [9.17, 15) is 4.79 Å². The van der Waals surface area contributed by atoms with Crippen molar-refractivity contribution < 1.29 is 9.53 Å². The number of benzene rings is 1. The third-order valence-corrected chi connectivity index (χ3v) is 3.31. The van der Waals surface area contributed by atoms with Crippen molar-refractivity contribution in [2.75, 3.05) is 18.2 Å². The molecule has 3 N–H and O–H groups in total. The Balaban J connectivity index is 2.13. The third-order valence-electron chi connectivity index (χ3n) is 3.31. The summed E-state index contributed by atoms with van der Waals surface area (Å²) in [6.07, 6.45) is 0.934. The lowest BCUT2D eigenvalue weighted by Gasteiger charge is -2.11. The van der Waals surface area contributed by atoms with E-state index < -0.39 is 0 Å². The molecule has 0 spiro atoms. The van der Waals surface area contributed by atoms with Gasteiger partial charge in [0.2, 0.25) is 5.91 Å². The Morgan fingerprint density at radius 3 is 2.71 bits per heavy atom. The second-order valence-corrected chi connectivity index (χ2v) is 5.19. The summed E-state index contributed by atoms with van der Waals surface area (Å²) in [5.74, 6) is 0.763. The number of nitrogens with two attached hydrogens (primary N) is 1. The largest absolute Gasteiger partial charge is 0.495 e. The number of methoxy groups -OCH3 is 1. The highest BCUT2D eigenvalue weighted by molar-refractivity contribution is 5.96. The van der Waals surface area contributed by atoms with Gasteiger partial charge in [-0.1, -0.05) is 13.8 Å². The summed E-state index contributed by atoms with van der Waals surface area (Å²) in [7, 11) is 1.57. The zero-order valence-corrected chi connectivity index (χ0v) is 10.4. The number of nitrogen functional groups attached to an aromatic ring is 1. The van der Waals surface area contributed by atoms with Crippen LogP contribution in [0.25, 0.3) is 0 Å². The maximum atomic E-state index is 12.0. The van der Waals surface area contributed by atoms with Crippen molar-refractivity contribution in [2.45, 2.75) is 20.3 Å². The third kappa shape index (κ3) is 2.35. The van der Waals surface area contributed by atoms with Gasteiger partial charge in [0.1, 0.15) is 5.75 Å². The zero-order chi connectivity index (χ0) is 12.6. The van der Waals surface area contributed by atoms with Crippen LogP contribution in [0.4, 0.5) is 11.4 Å².